The average Bonchev–Trinajstić information content (AvgIpc) is 2.76. The van der Waals surface area contributed by atoms with E-state index in [4.69, 9.17) is 0 Å². The highest BCUT2D eigenvalue weighted by Gasteiger charge is 2.07. The topological polar surface area (TPSA) is 0 Å². The van der Waals surface area contributed by atoms with Gasteiger partial charge in [-0.1, -0.05) is 110 Å². The van der Waals surface area contributed by atoms with Crippen LogP contribution in [0.15, 0.2) is 91.0 Å². The van der Waals surface area contributed by atoms with E-state index in [0.717, 1.165) is 6.42 Å². The molecule has 0 radical (unpaired) electrons. The number of hydrogen-bond acceptors (Lipinski definition) is 0. The smallest absolute Gasteiger partial charge is 0.0109 e. The van der Waals surface area contributed by atoms with Crippen molar-refractivity contribution in [1.82, 2.24) is 0 Å². The van der Waals surface area contributed by atoms with Crippen molar-refractivity contribution in [2.75, 3.05) is 0 Å². The summed E-state index contributed by atoms with van der Waals surface area (Å²) in [6, 6.07) is 32.7. The molecule has 0 heterocycles. The van der Waals surface area contributed by atoms with Crippen LogP contribution in [0.4, 0.5) is 0 Å². The van der Waals surface area contributed by atoms with Crippen LogP contribution < -0.4 is 0 Å². The van der Waals surface area contributed by atoms with Crippen molar-refractivity contribution in [1.29, 1.82) is 0 Å². The van der Waals surface area contributed by atoms with E-state index in [2.05, 4.69) is 110 Å². The second kappa shape index (κ2) is 8.71. The van der Waals surface area contributed by atoms with Crippen molar-refractivity contribution in [3.05, 3.63) is 108 Å². The average molecular weight is 363 g/mol. The zero-order chi connectivity index (χ0) is 19.2. The third kappa shape index (κ3) is 4.07. The molecule has 0 nitrogen and oxygen atoms in total. The SMILES string of the molecule is CCCCc1ccccc1-c1ccccc1C=Cc1ccc2ccccc2c1. The van der Waals surface area contributed by atoms with Crippen LogP contribution in [0, 0.1) is 0 Å². The van der Waals surface area contributed by atoms with Crippen molar-refractivity contribution in [2.24, 2.45) is 0 Å². The van der Waals surface area contributed by atoms with Gasteiger partial charge in [-0.3, -0.25) is 0 Å². The first-order chi connectivity index (χ1) is 13.8. The minimum atomic E-state index is 1.13. The molecule has 0 atom stereocenters. The largest absolute Gasteiger partial charge is 0.0654 e. The summed E-state index contributed by atoms with van der Waals surface area (Å²) in [7, 11) is 0. The Morgan fingerprint density at radius 3 is 2.21 bits per heavy atom. The molecule has 28 heavy (non-hydrogen) atoms. The standard InChI is InChI=1S/C28H26/c1-2-3-10-24-12-6-8-15-27(24)28-16-9-7-13-25(28)20-18-22-17-19-23-11-4-5-14-26(23)21-22/h4-9,11-21H,2-3,10H2,1H3. The fraction of sp³-hybridized carbons (Fsp3) is 0.143. The highest BCUT2D eigenvalue weighted by Crippen LogP contribution is 2.29. The van der Waals surface area contributed by atoms with Gasteiger partial charge in [0.05, 0.1) is 0 Å². The molecule has 4 aromatic carbocycles. The van der Waals surface area contributed by atoms with Gasteiger partial charge in [-0.25, -0.2) is 0 Å². The molecule has 0 aromatic heterocycles. The van der Waals surface area contributed by atoms with Gasteiger partial charge in [0.25, 0.3) is 0 Å². The van der Waals surface area contributed by atoms with Crippen LogP contribution in [-0.4, -0.2) is 0 Å². The van der Waals surface area contributed by atoms with E-state index in [1.165, 1.54) is 51.4 Å². The monoisotopic (exact) mass is 362 g/mol. The van der Waals surface area contributed by atoms with Gasteiger partial charge in [0.2, 0.25) is 0 Å². The summed E-state index contributed by atoms with van der Waals surface area (Å²) in [5.41, 5.74) is 6.60. The summed E-state index contributed by atoms with van der Waals surface area (Å²) in [6.45, 7) is 2.25. The highest BCUT2D eigenvalue weighted by atomic mass is 14.1. The molecule has 0 aliphatic rings. The van der Waals surface area contributed by atoms with Gasteiger partial charge in [0.1, 0.15) is 0 Å². The molecule has 0 aliphatic heterocycles. The lowest BCUT2D eigenvalue weighted by molar-refractivity contribution is 0.796. The zero-order valence-electron chi connectivity index (χ0n) is 16.4. The number of benzene rings is 4. The quantitative estimate of drug-likeness (QED) is 0.305. The summed E-state index contributed by atoms with van der Waals surface area (Å²) in [5, 5.41) is 2.56. The molecule has 0 bridgehead atoms. The first-order valence-electron chi connectivity index (χ1n) is 10.2. The Morgan fingerprint density at radius 2 is 1.36 bits per heavy atom. The van der Waals surface area contributed by atoms with E-state index in [1.54, 1.807) is 0 Å². The maximum Gasteiger partial charge on any atom is -0.0109 e. The Labute approximate surface area is 168 Å². The third-order valence-electron chi connectivity index (χ3n) is 5.30. The Kier molecular flexibility index (Phi) is 5.68. The van der Waals surface area contributed by atoms with Crippen LogP contribution in [-0.2, 0) is 6.42 Å². The zero-order valence-corrected chi connectivity index (χ0v) is 16.4. The van der Waals surface area contributed by atoms with Gasteiger partial charge in [0, 0.05) is 0 Å². The van der Waals surface area contributed by atoms with Gasteiger partial charge >= 0.3 is 0 Å². The van der Waals surface area contributed by atoms with Crippen LogP contribution in [0.2, 0.25) is 0 Å². The number of unbranched alkanes of at least 4 members (excludes halogenated alkanes) is 1. The van der Waals surface area contributed by atoms with Gasteiger partial charge in [0.15, 0.2) is 0 Å². The molecule has 0 saturated carbocycles. The molecule has 0 N–H and O–H groups in total. The van der Waals surface area contributed by atoms with Crippen molar-refractivity contribution in [3.8, 4) is 11.1 Å². The number of rotatable bonds is 6. The molecule has 0 heteroatoms. The summed E-state index contributed by atoms with van der Waals surface area (Å²) in [5.74, 6) is 0. The van der Waals surface area contributed by atoms with Crippen LogP contribution in [0.1, 0.15) is 36.5 Å². The van der Waals surface area contributed by atoms with Gasteiger partial charge in [-0.05, 0) is 57.5 Å². The maximum absolute atomic E-state index is 2.27. The van der Waals surface area contributed by atoms with Crippen molar-refractivity contribution in [3.63, 3.8) is 0 Å². The minimum absolute atomic E-state index is 1.13. The van der Waals surface area contributed by atoms with Crippen LogP contribution in [0.3, 0.4) is 0 Å². The van der Waals surface area contributed by atoms with E-state index in [1.807, 2.05) is 0 Å². The van der Waals surface area contributed by atoms with E-state index >= 15 is 0 Å². The summed E-state index contributed by atoms with van der Waals surface area (Å²) in [6.07, 6.45) is 8.05. The van der Waals surface area contributed by atoms with E-state index in [0.29, 0.717) is 0 Å². The van der Waals surface area contributed by atoms with Crippen molar-refractivity contribution in [2.45, 2.75) is 26.2 Å². The molecule has 0 unspecified atom stereocenters. The molecule has 4 aromatic rings. The maximum atomic E-state index is 2.27. The lowest BCUT2D eigenvalue weighted by Gasteiger charge is -2.12. The number of aryl methyl sites for hydroxylation is 1. The predicted octanol–water partition coefficient (Wildman–Crippen LogP) is 8.02. The minimum Gasteiger partial charge on any atom is -0.0654 e. The summed E-state index contributed by atoms with van der Waals surface area (Å²) < 4.78 is 0. The van der Waals surface area contributed by atoms with Gasteiger partial charge in [-0.2, -0.15) is 0 Å². The summed E-state index contributed by atoms with van der Waals surface area (Å²) in [4.78, 5) is 0. The molecule has 138 valence electrons. The number of fused-ring (bicyclic) bond motifs is 1. The molecule has 0 amide bonds. The molecular formula is C28H26. The van der Waals surface area contributed by atoms with E-state index in [9.17, 15) is 0 Å². The van der Waals surface area contributed by atoms with Crippen LogP contribution in [0.5, 0.6) is 0 Å². The molecule has 0 spiro atoms. The number of hydrogen-bond donors (Lipinski definition) is 0. The Morgan fingerprint density at radius 1 is 0.643 bits per heavy atom. The van der Waals surface area contributed by atoms with Crippen molar-refractivity contribution >= 4 is 22.9 Å². The normalized spacial score (nSPS) is 11.3. The molecule has 4 rings (SSSR count). The molecule has 0 aliphatic carbocycles. The Bertz CT molecular complexity index is 1100. The molecule has 0 saturated heterocycles. The lowest BCUT2D eigenvalue weighted by atomic mass is 9.92. The van der Waals surface area contributed by atoms with Gasteiger partial charge < -0.3 is 0 Å². The van der Waals surface area contributed by atoms with E-state index < -0.39 is 0 Å². The fourth-order valence-electron chi connectivity index (χ4n) is 3.75. The van der Waals surface area contributed by atoms with E-state index in [-0.39, 0.29) is 0 Å². The molecule has 0 fully saturated rings. The third-order valence-corrected chi connectivity index (χ3v) is 5.30. The second-order valence-electron chi connectivity index (χ2n) is 7.29. The lowest BCUT2D eigenvalue weighted by Crippen LogP contribution is -1.92. The Hall–Kier alpha value is -3.12. The summed E-state index contributed by atoms with van der Waals surface area (Å²) >= 11 is 0. The van der Waals surface area contributed by atoms with Crippen LogP contribution >= 0.6 is 0 Å². The Balaban J connectivity index is 1.69. The first kappa shape index (κ1) is 18.3. The molecular weight excluding hydrogens is 336 g/mol. The first-order valence-corrected chi connectivity index (χ1v) is 10.2. The highest BCUT2D eigenvalue weighted by molar-refractivity contribution is 5.87. The van der Waals surface area contributed by atoms with Crippen molar-refractivity contribution < 1.29 is 0 Å². The van der Waals surface area contributed by atoms with Crippen LogP contribution in [0.25, 0.3) is 34.1 Å². The fourth-order valence-corrected chi connectivity index (χ4v) is 3.75. The second-order valence-corrected chi connectivity index (χ2v) is 7.29. The predicted molar refractivity (Wildman–Crippen MR) is 123 cm³/mol. The van der Waals surface area contributed by atoms with Gasteiger partial charge in [-0.15, -0.1) is 0 Å².